The van der Waals surface area contributed by atoms with Crippen LogP contribution in [0.1, 0.15) is 23.1 Å². The van der Waals surface area contributed by atoms with Gasteiger partial charge in [0.1, 0.15) is 0 Å². The quantitative estimate of drug-likeness (QED) is 0.674. The van der Waals surface area contributed by atoms with E-state index in [9.17, 15) is 8.78 Å². The fourth-order valence-corrected chi connectivity index (χ4v) is 1.87. The molecule has 0 amide bonds. The zero-order valence-electron chi connectivity index (χ0n) is 8.11. The number of hydrogen-bond donors (Lipinski definition) is 1. The molecular weight excluding hydrogens is 184 g/mol. The molecule has 1 aromatic carbocycles. The molecule has 1 aliphatic rings. The summed E-state index contributed by atoms with van der Waals surface area (Å²) in [6, 6.07) is 5.12. The van der Waals surface area contributed by atoms with Gasteiger partial charge in [0.15, 0.2) is 0 Å². The Balaban J connectivity index is 2.56. The number of rotatable bonds is 0. The van der Waals surface area contributed by atoms with Crippen molar-refractivity contribution in [1.29, 1.82) is 0 Å². The fourth-order valence-electron chi connectivity index (χ4n) is 1.87. The van der Waals surface area contributed by atoms with Crippen molar-refractivity contribution in [2.45, 2.75) is 25.8 Å². The second kappa shape index (κ2) is 3.31. The van der Waals surface area contributed by atoms with Crippen molar-refractivity contribution in [2.24, 2.45) is 0 Å². The molecule has 0 aliphatic carbocycles. The number of halogens is 2. The Labute approximate surface area is 82.1 Å². The van der Waals surface area contributed by atoms with Crippen LogP contribution in [0.25, 0.3) is 0 Å². The second-order valence-electron chi connectivity index (χ2n) is 3.73. The monoisotopic (exact) mass is 197 g/mol. The summed E-state index contributed by atoms with van der Waals surface area (Å²) < 4.78 is 27.2. The van der Waals surface area contributed by atoms with E-state index in [1.54, 1.807) is 6.07 Å². The Kier molecular flexibility index (Phi) is 2.27. The van der Waals surface area contributed by atoms with Crippen LogP contribution in [0.2, 0.25) is 0 Å². The lowest BCUT2D eigenvalue weighted by molar-refractivity contribution is -0.0107. The lowest BCUT2D eigenvalue weighted by Crippen LogP contribution is -2.17. The Morgan fingerprint density at radius 1 is 1.36 bits per heavy atom. The van der Waals surface area contributed by atoms with E-state index in [1.807, 2.05) is 13.0 Å². The van der Waals surface area contributed by atoms with Gasteiger partial charge in [-0.2, -0.15) is 0 Å². The van der Waals surface area contributed by atoms with Crippen LogP contribution in [0.4, 0.5) is 8.78 Å². The van der Waals surface area contributed by atoms with Crippen LogP contribution in [0, 0.1) is 6.92 Å². The summed E-state index contributed by atoms with van der Waals surface area (Å²) in [6.45, 7) is 2.81. The molecule has 0 fully saturated rings. The van der Waals surface area contributed by atoms with Crippen molar-refractivity contribution in [3.05, 3.63) is 34.9 Å². The van der Waals surface area contributed by atoms with Crippen LogP contribution in [0.3, 0.4) is 0 Å². The molecule has 1 heterocycles. The predicted octanol–water partition coefficient (Wildman–Crippen LogP) is 2.58. The number of fused-ring (bicyclic) bond motifs is 1. The minimum absolute atomic E-state index is 0.108. The molecule has 1 nitrogen and oxygen atoms in total. The van der Waals surface area contributed by atoms with E-state index in [-0.39, 0.29) is 12.0 Å². The van der Waals surface area contributed by atoms with Crippen molar-refractivity contribution in [3.63, 3.8) is 0 Å². The third-order valence-corrected chi connectivity index (χ3v) is 2.72. The smallest absolute Gasteiger partial charge is 0.274 e. The van der Waals surface area contributed by atoms with Gasteiger partial charge >= 0.3 is 0 Å². The molecule has 3 heteroatoms. The number of hydrogen-bond acceptors (Lipinski definition) is 1. The lowest BCUT2D eigenvalue weighted by atomic mass is 9.97. The van der Waals surface area contributed by atoms with Gasteiger partial charge < -0.3 is 5.32 Å². The average molecular weight is 197 g/mol. The third kappa shape index (κ3) is 1.52. The van der Waals surface area contributed by atoms with E-state index in [0.29, 0.717) is 13.1 Å². The van der Waals surface area contributed by atoms with Crippen molar-refractivity contribution in [3.8, 4) is 0 Å². The molecular formula is C11H13F2N. The van der Waals surface area contributed by atoms with Gasteiger partial charge in [0.2, 0.25) is 0 Å². The van der Waals surface area contributed by atoms with Gasteiger partial charge in [0.25, 0.3) is 5.92 Å². The number of aryl methyl sites for hydroxylation is 1. The highest BCUT2D eigenvalue weighted by Gasteiger charge is 2.35. The first-order valence-electron chi connectivity index (χ1n) is 4.79. The fraction of sp³-hybridized carbons (Fsp3) is 0.455. The molecule has 0 aromatic heterocycles. The molecule has 0 spiro atoms. The largest absolute Gasteiger partial charge is 0.312 e. The summed E-state index contributed by atoms with van der Waals surface area (Å²) in [7, 11) is 0. The first-order chi connectivity index (χ1) is 6.61. The average Bonchev–Trinajstić information content (AvgIpc) is 2.27. The van der Waals surface area contributed by atoms with Gasteiger partial charge in [-0.1, -0.05) is 18.2 Å². The molecule has 1 N–H and O–H groups in total. The Morgan fingerprint density at radius 2 is 2.14 bits per heavy atom. The minimum atomic E-state index is -2.68. The van der Waals surface area contributed by atoms with Crippen molar-refractivity contribution in [2.75, 3.05) is 6.54 Å². The minimum Gasteiger partial charge on any atom is -0.312 e. The SMILES string of the molecule is Cc1cccc2c1CNCCC2(F)F. The van der Waals surface area contributed by atoms with E-state index in [4.69, 9.17) is 0 Å². The van der Waals surface area contributed by atoms with Crippen LogP contribution >= 0.6 is 0 Å². The van der Waals surface area contributed by atoms with E-state index in [0.717, 1.165) is 11.1 Å². The number of nitrogens with one attached hydrogen (secondary N) is 1. The summed E-state index contributed by atoms with van der Waals surface area (Å²) in [4.78, 5) is 0. The maximum Gasteiger partial charge on any atom is 0.274 e. The standard InChI is InChI=1S/C11H13F2N/c1-8-3-2-4-10-9(8)7-14-6-5-11(10,12)13/h2-4,14H,5-7H2,1H3. The highest BCUT2D eigenvalue weighted by Crippen LogP contribution is 2.36. The van der Waals surface area contributed by atoms with Crippen LogP contribution < -0.4 is 5.32 Å². The van der Waals surface area contributed by atoms with Gasteiger partial charge in [-0.25, -0.2) is 8.78 Å². The summed E-state index contributed by atoms with van der Waals surface area (Å²) in [6.07, 6.45) is -0.108. The molecule has 76 valence electrons. The van der Waals surface area contributed by atoms with Gasteiger partial charge in [-0.05, 0) is 18.1 Å². The zero-order chi connectivity index (χ0) is 10.2. The maximum atomic E-state index is 13.6. The maximum absolute atomic E-state index is 13.6. The molecule has 0 radical (unpaired) electrons. The lowest BCUT2D eigenvalue weighted by Gasteiger charge is -2.17. The van der Waals surface area contributed by atoms with Gasteiger partial charge in [0, 0.05) is 25.1 Å². The number of alkyl halides is 2. The topological polar surface area (TPSA) is 12.0 Å². The Hall–Kier alpha value is -0.960. The van der Waals surface area contributed by atoms with Gasteiger partial charge in [-0.3, -0.25) is 0 Å². The molecule has 0 saturated heterocycles. The van der Waals surface area contributed by atoms with E-state index >= 15 is 0 Å². The van der Waals surface area contributed by atoms with Crippen molar-refractivity contribution < 1.29 is 8.78 Å². The van der Waals surface area contributed by atoms with Gasteiger partial charge in [-0.15, -0.1) is 0 Å². The summed E-state index contributed by atoms with van der Waals surface area (Å²) >= 11 is 0. The van der Waals surface area contributed by atoms with Gasteiger partial charge in [0.05, 0.1) is 0 Å². The number of benzene rings is 1. The normalized spacial score (nSPS) is 19.9. The first kappa shape index (κ1) is 9.59. The highest BCUT2D eigenvalue weighted by atomic mass is 19.3. The summed E-state index contributed by atoms with van der Waals surface area (Å²) in [5, 5.41) is 3.02. The van der Waals surface area contributed by atoms with Crippen LogP contribution in [-0.2, 0) is 12.5 Å². The Morgan fingerprint density at radius 3 is 2.93 bits per heavy atom. The molecule has 2 rings (SSSR count). The summed E-state index contributed by atoms with van der Waals surface area (Å²) in [5.74, 6) is -2.68. The molecule has 0 bridgehead atoms. The first-order valence-corrected chi connectivity index (χ1v) is 4.79. The zero-order valence-corrected chi connectivity index (χ0v) is 8.11. The van der Waals surface area contributed by atoms with E-state index < -0.39 is 5.92 Å². The van der Waals surface area contributed by atoms with Crippen molar-refractivity contribution >= 4 is 0 Å². The molecule has 1 aliphatic heterocycles. The third-order valence-electron chi connectivity index (χ3n) is 2.72. The molecule has 14 heavy (non-hydrogen) atoms. The van der Waals surface area contributed by atoms with Crippen molar-refractivity contribution in [1.82, 2.24) is 5.32 Å². The molecule has 0 unspecified atom stereocenters. The van der Waals surface area contributed by atoms with Crippen LogP contribution in [-0.4, -0.2) is 6.54 Å². The molecule has 0 atom stereocenters. The van der Waals surface area contributed by atoms with Crippen LogP contribution in [0.5, 0.6) is 0 Å². The van der Waals surface area contributed by atoms with E-state index in [1.165, 1.54) is 6.07 Å². The highest BCUT2D eigenvalue weighted by molar-refractivity contribution is 5.37. The van der Waals surface area contributed by atoms with E-state index in [2.05, 4.69) is 5.32 Å². The second-order valence-corrected chi connectivity index (χ2v) is 3.73. The summed E-state index contributed by atoms with van der Waals surface area (Å²) in [5.41, 5.74) is 1.90. The predicted molar refractivity (Wildman–Crippen MR) is 51.4 cm³/mol. The molecule has 0 saturated carbocycles. The Bertz CT molecular complexity index is 347. The van der Waals surface area contributed by atoms with Crippen LogP contribution in [0.15, 0.2) is 18.2 Å². The molecule has 1 aromatic rings.